The summed E-state index contributed by atoms with van der Waals surface area (Å²) in [5, 5.41) is 10.2. The Labute approximate surface area is 181 Å². The van der Waals surface area contributed by atoms with Gasteiger partial charge < -0.3 is 14.4 Å². The number of hydrogen-bond donors (Lipinski definition) is 1. The Bertz CT molecular complexity index is 1190. The van der Waals surface area contributed by atoms with Crippen molar-refractivity contribution in [2.45, 2.75) is 25.9 Å². The number of anilines is 1. The van der Waals surface area contributed by atoms with Crippen LogP contribution >= 0.6 is 0 Å². The number of para-hydroxylation sites is 1. The van der Waals surface area contributed by atoms with Gasteiger partial charge in [-0.15, -0.1) is 0 Å². The molecule has 1 amide bonds. The van der Waals surface area contributed by atoms with Gasteiger partial charge in [-0.3, -0.25) is 9.10 Å². The van der Waals surface area contributed by atoms with E-state index < -0.39 is 10.0 Å². The summed E-state index contributed by atoms with van der Waals surface area (Å²) in [4.78, 5) is 15.0. The van der Waals surface area contributed by atoms with E-state index in [4.69, 9.17) is 4.42 Å². The highest BCUT2D eigenvalue weighted by molar-refractivity contribution is 7.92. The van der Waals surface area contributed by atoms with Gasteiger partial charge in [0.2, 0.25) is 10.0 Å². The summed E-state index contributed by atoms with van der Waals surface area (Å²) in [5.41, 5.74) is 2.56. The molecule has 7 nitrogen and oxygen atoms in total. The Morgan fingerprint density at radius 2 is 1.94 bits per heavy atom. The molecule has 0 radical (unpaired) electrons. The molecule has 0 fully saturated rings. The molecule has 0 spiro atoms. The molecule has 0 saturated carbocycles. The van der Waals surface area contributed by atoms with E-state index in [1.807, 2.05) is 6.07 Å². The minimum atomic E-state index is -3.37. The molecule has 0 saturated heterocycles. The van der Waals surface area contributed by atoms with Gasteiger partial charge in [0.15, 0.2) is 0 Å². The van der Waals surface area contributed by atoms with Crippen LogP contribution < -0.4 is 4.31 Å². The average Bonchev–Trinajstić information content (AvgIpc) is 3.26. The first kappa shape index (κ1) is 21.0. The van der Waals surface area contributed by atoms with Crippen LogP contribution in [0.3, 0.4) is 0 Å². The number of phenolic OH excluding ortho intramolecular Hbond substituents is 1. The first-order valence-corrected chi connectivity index (χ1v) is 11.9. The SMILES string of the molecule is CS(=O)(=O)N1CCCc2cc(C(=O)N(Cc3ccco3)Cc3ccccc3O)ccc21. The van der Waals surface area contributed by atoms with Crippen LogP contribution in [-0.2, 0) is 29.5 Å². The molecular weight excluding hydrogens is 416 g/mol. The summed E-state index contributed by atoms with van der Waals surface area (Å²) < 4.78 is 31.0. The smallest absolute Gasteiger partial charge is 0.254 e. The maximum Gasteiger partial charge on any atom is 0.254 e. The number of sulfonamides is 1. The van der Waals surface area contributed by atoms with E-state index in [0.29, 0.717) is 42.0 Å². The Morgan fingerprint density at radius 3 is 2.65 bits per heavy atom. The summed E-state index contributed by atoms with van der Waals surface area (Å²) in [6.07, 6.45) is 4.15. The number of benzene rings is 2. The normalized spacial score (nSPS) is 13.6. The highest BCUT2D eigenvalue weighted by Crippen LogP contribution is 2.31. The molecular formula is C23H24N2O5S. The Balaban J connectivity index is 1.66. The Hall–Kier alpha value is -3.26. The van der Waals surface area contributed by atoms with Gasteiger partial charge in [0.25, 0.3) is 5.91 Å². The van der Waals surface area contributed by atoms with Crippen LogP contribution in [0.1, 0.15) is 33.7 Å². The van der Waals surface area contributed by atoms with E-state index >= 15 is 0 Å². The van der Waals surface area contributed by atoms with Gasteiger partial charge in [-0.2, -0.15) is 0 Å². The third kappa shape index (κ3) is 4.59. The standard InChI is InChI=1S/C23H24N2O5S/c1-31(28,29)25-12-4-7-17-14-18(10-11-21(17)25)23(27)24(16-20-8-5-13-30-20)15-19-6-2-3-9-22(19)26/h2-3,5-6,8-11,13-14,26H,4,7,12,15-16H2,1H3. The number of aromatic hydroxyl groups is 1. The predicted molar refractivity (Wildman–Crippen MR) is 117 cm³/mol. The van der Waals surface area contributed by atoms with Crippen LogP contribution in [0.5, 0.6) is 5.75 Å². The van der Waals surface area contributed by atoms with Crippen LogP contribution in [0.15, 0.2) is 65.3 Å². The molecule has 0 atom stereocenters. The Kier molecular flexibility index (Phi) is 5.73. The molecule has 2 aromatic carbocycles. The fraction of sp³-hybridized carbons (Fsp3) is 0.261. The number of phenols is 1. The second-order valence-corrected chi connectivity index (χ2v) is 9.56. The second kappa shape index (κ2) is 8.47. The van der Waals surface area contributed by atoms with Crippen molar-refractivity contribution in [3.8, 4) is 5.75 Å². The van der Waals surface area contributed by atoms with Crippen LogP contribution in [0, 0.1) is 0 Å². The zero-order chi connectivity index (χ0) is 22.0. The minimum Gasteiger partial charge on any atom is -0.508 e. The molecule has 162 valence electrons. The molecule has 3 aromatic rings. The third-order valence-corrected chi connectivity index (χ3v) is 6.55. The summed E-state index contributed by atoms with van der Waals surface area (Å²) in [6, 6.07) is 15.6. The predicted octanol–water partition coefficient (Wildman–Crippen LogP) is 3.54. The van der Waals surface area contributed by atoms with Gasteiger partial charge in [-0.1, -0.05) is 18.2 Å². The lowest BCUT2D eigenvalue weighted by Gasteiger charge is -2.30. The fourth-order valence-electron chi connectivity index (χ4n) is 3.86. The summed E-state index contributed by atoms with van der Waals surface area (Å²) >= 11 is 0. The van der Waals surface area contributed by atoms with Crippen molar-refractivity contribution < 1.29 is 22.7 Å². The third-order valence-electron chi connectivity index (χ3n) is 5.37. The second-order valence-electron chi connectivity index (χ2n) is 7.65. The zero-order valence-electron chi connectivity index (χ0n) is 17.2. The zero-order valence-corrected chi connectivity index (χ0v) is 18.0. The van der Waals surface area contributed by atoms with Crippen molar-refractivity contribution in [1.29, 1.82) is 0 Å². The van der Waals surface area contributed by atoms with Gasteiger partial charge >= 0.3 is 0 Å². The largest absolute Gasteiger partial charge is 0.508 e. The van der Waals surface area contributed by atoms with E-state index in [9.17, 15) is 18.3 Å². The van der Waals surface area contributed by atoms with Crippen molar-refractivity contribution >= 4 is 21.6 Å². The molecule has 2 heterocycles. The quantitative estimate of drug-likeness (QED) is 0.633. The first-order chi connectivity index (χ1) is 14.8. The molecule has 0 unspecified atom stereocenters. The van der Waals surface area contributed by atoms with E-state index in [1.165, 1.54) is 10.6 Å². The van der Waals surface area contributed by atoms with E-state index in [1.54, 1.807) is 59.7 Å². The van der Waals surface area contributed by atoms with E-state index in [-0.39, 0.29) is 24.7 Å². The van der Waals surface area contributed by atoms with Crippen LogP contribution in [0.25, 0.3) is 0 Å². The lowest BCUT2D eigenvalue weighted by molar-refractivity contribution is 0.0716. The van der Waals surface area contributed by atoms with Gasteiger partial charge in [0, 0.05) is 17.7 Å². The molecule has 8 heteroatoms. The van der Waals surface area contributed by atoms with Crippen molar-refractivity contribution in [2.75, 3.05) is 17.1 Å². The highest BCUT2D eigenvalue weighted by Gasteiger charge is 2.26. The van der Waals surface area contributed by atoms with Crippen LogP contribution in [-0.4, -0.2) is 37.1 Å². The van der Waals surface area contributed by atoms with Crippen molar-refractivity contribution in [1.82, 2.24) is 4.90 Å². The van der Waals surface area contributed by atoms with Crippen molar-refractivity contribution in [2.24, 2.45) is 0 Å². The van der Waals surface area contributed by atoms with Gasteiger partial charge in [-0.05, 0) is 54.8 Å². The molecule has 1 aliphatic heterocycles. The number of hydrogen-bond acceptors (Lipinski definition) is 5. The van der Waals surface area contributed by atoms with Crippen LogP contribution in [0.4, 0.5) is 5.69 Å². The monoisotopic (exact) mass is 440 g/mol. The fourth-order valence-corrected chi connectivity index (χ4v) is 4.86. The average molecular weight is 441 g/mol. The van der Waals surface area contributed by atoms with E-state index in [2.05, 4.69) is 0 Å². The molecule has 1 N–H and O–H groups in total. The maximum atomic E-state index is 13.4. The summed E-state index contributed by atoms with van der Waals surface area (Å²) in [5.74, 6) is 0.526. The van der Waals surface area contributed by atoms with Gasteiger partial charge in [0.1, 0.15) is 11.5 Å². The maximum absolute atomic E-state index is 13.4. The number of nitrogens with zero attached hydrogens (tertiary/aromatic N) is 2. The molecule has 0 bridgehead atoms. The molecule has 0 aliphatic carbocycles. The number of aryl methyl sites for hydroxylation is 1. The molecule has 31 heavy (non-hydrogen) atoms. The summed E-state index contributed by atoms with van der Waals surface area (Å²) in [6.45, 7) is 0.891. The van der Waals surface area contributed by atoms with Gasteiger partial charge in [0.05, 0.1) is 31.3 Å². The Morgan fingerprint density at radius 1 is 1.13 bits per heavy atom. The van der Waals surface area contributed by atoms with Gasteiger partial charge in [-0.25, -0.2) is 8.42 Å². The highest BCUT2D eigenvalue weighted by atomic mass is 32.2. The number of carbonyl (C=O) groups excluding carboxylic acids is 1. The number of furan rings is 1. The van der Waals surface area contributed by atoms with Crippen molar-refractivity contribution in [3.05, 3.63) is 83.3 Å². The molecule has 4 rings (SSSR count). The number of carbonyl (C=O) groups is 1. The molecule has 1 aromatic heterocycles. The lowest BCUT2D eigenvalue weighted by Crippen LogP contribution is -2.35. The van der Waals surface area contributed by atoms with Crippen molar-refractivity contribution in [3.63, 3.8) is 0 Å². The molecule has 1 aliphatic rings. The van der Waals surface area contributed by atoms with E-state index in [0.717, 1.165) is 5.56 Å². The van der Waals surface area contributed by atoms with Crippen LogP contribution in [0.2, 0.25) is 0 Å². The lowest BCUT2D eigenvalue weighted by atomic mass is 10.00. The number of rotatable bonds is 6. The number of amides is 1. The minimum absolute atomic E-state index is 0.119. The number of fused-ring (bicyclic) bond motifs is 1. The summed E-state index contributed by atoms with van der Waals surface area (Å²) in [7, 11) is -3.37. The first-order valence-electron chi connectivity index (χ1n) is 10.0. The topological polar surface area (TPSA) is 91.1 Å².